The summed E-state index contributed by atoms with van der Waals surface area (Å²) in [5.41, 5.74) is 1.93. The molecule has 0 aromatic heterocycles. The smallest absolute Gasteiger partial charge is 0.261 e. The fraction of sp³-hybridized carbons (Fsp3) is 0.263. The molecule has 2 amide bonds. The topological polar surface area (TPSA) is 55.8 Å². The molecule has 5 nitrogen and oxygen atoms in total. The third-order valence-electron chi connectivity index (χ3n) is 4.10. The number of imide groups is 1. The van der Waals surface area contributed by atoms with E-state index in [0.717, 1.165) is 12.0 Å². The zero-order valence-electron chi connectivity index (χ0n) is 13.7. The van der Waals surface area contributed by atoms with Crippen LogP contribution in [0.2, 0.25) is 0 Å². The lowest BCUT2D eigenvalue weighted by Crippen LogP contribution is -2.33. The summed E-state index contributed by atoms with van der Waals surface area (Å²) in [5, 5.41) is 0. The van der Waals surface area contributed by atoms with Gasteiger partial charge in [-0.05, 0) is 30.2 Å². The van der Waals surface area contributed by atoms with E-state index in [-0.39, 0.29) is 25.0 Å². The molecule has 5 heteroatoms. The van der Waals surface area contributed by atoms with E-state index in [1.165, 1.54) is 4.90 Å². The Kier molecular flexibility index (Phi) is 4.51. The minimum Gasteiger partial charge on any atom is -0.493 e. The fourth-order valence-corrected chi connectivity index (χ4v) is 2.85. The number of hydrogen-bond donors (Lipinski definition) is 0. The van der Waals surface area contributed by atoms with Crippen molar-refractivity contribution < 1.29 is 19.1 Å². The molecule has 0 fully saturated rings. The van der Waals surface area contributed by atoms with Crippen molar-refractivity contribution in [2.45, 2.75) is 13.3 Å². The van der Waals surface area contributed by atoms with E-state index in [1.54, 1.807) is 31.4 Å². The zero-order chi connectivity index (χ0) is 17.1. The van der Waals surface area contributed by atoms with Gasteiger partial charge < -0.3 is 9.47 Å². The van der Waals surface area contributed by atoms with Crippen molar-refractivity contribution in [2.75, 3.05) is 20.3 Å². The second kappa shape index (κ2) is 6.74. The van der Waals surface area contributed by atoms with Crippen molar-refractivity contribution in [3.63, 3.8) is 0 Å². The third kappa shape index (κ3) is 2.73. The lowest BCUT2D eigenvalue weighted by atomic mass is 10.1. The molecule has 0 spiro atoms. The first kappa shape index (κ1) is 16.1. The number of amides is 2. The van der Waals surface area contributed by atoms with E-state index in [4.69, 9.17) is 9.47 Å². The molecule has 0 N–H and O–H groups in total. The van der Waals surface area contributed by atoms with Crippen LogP contribution in [0.5, 0.6) is 11.5 Å². The van der Waals surface area contributed by atoms with Gasteiger partial charge in [-0.15, -0.1) is 0 Å². The van der Waals surface area contributed by atoms with Crippen LogP contribution in [0.1, 0.15) is 33.2 Å². The van der Waals surface area contributed by atoms with Gasteiger partial charge in [0.05, 0.1) is 24.8 Å². The number of nitrogens with zero attached hydrogens (tertiary/aromatic N) is 1. The molecule has 0 saturated carbocycles. The predicted molar refractivity (Wildman–Crippen MR) is 89.7 cm³/mol. The van der Waals surface area contributed by atoms with E-state index >= 15 is 0 Å². The van der Waals surface area contributed by atoms with E-state index in [0.29, 0.717) is 22.6 Å². The van der Waals surface area contributed by atoms with E-state index < -0.39 is 0 Å². The van der Waals surface area contributed by atoms with Crippen molar-refractivity contribution >= 4 is 11.8 Å². The Hall–Kier alpha value is -2.82. The zero-order valence-corrected chi connectivity index (χ0v) is 13.7. The van der Waals surface area contributed by atoms with Gasteiger partial charge in [0.1, 0.15) is 6.61 Å². The quantitative estimate of drug-likeness (QED) is 0.766. The van der Waals surface area contributed by atoms with Gasteiger partial charge in [0.2, 0.25) is 0 Å². The second-order valence-corrected chi connectivity index (χ2v) is 5.46. The predicted octanol–water partition coefficient (Wildman–Crippen LogP) is 2.93. The molecular weight excluding hydrogens is 306 g/mol. The Morgan fingerprint density at radius 2 is 1.62 bits per heavy atom. The molecule has 1 heterocycles. The summed E-state index contributed by atoms with van der Waals surface area (Å²) in [6, 6.07) is 12.6. The molecule has 0 unspecified atom stereocenters. The minimum atomic E-state index is -0.269. The fourth-order valence-electron chi connectivity index (χ4n) is 2.85. The standard InChI is InChI=1S/C19H19NO4/c1-3-13-7-6-10-16(23-2)17(13)24-12-11-20-18(21)14-8-4-5-9-15(14)19(20)22/h4-10H,3,11-12H2,1-2H3. The first-order valence-electron chi connectivity index (χ1n) is 7.91. The van der Waals surface area contributed by atoms with Gasteiger partial charge in [0.15, 0.2) is 11.5 Å². The van der Waals surface area contributed by atoms with E-state index in [2.05, 4.69) is 0 Å². The van der Waals surface area contributed by atoms with Crippen LogP contribution in [0.3, 0.4) is 0 Å². The highest BCUT2D eigenvalue weighted by atomic mass is 16.5. The van der Waals surface area contributed by atoms with Crippen LogP contribution in [-0.2, 0) is 6.42 Å². The molecule has 0 atom stereocenters. The van der Waals surface area contributed by atoms with Gasteiger partial charge >= 0.3 is 0 Å². The van der Waals surface area contributed by atoms with E-state index in [1.807, 2.05) is 25.1 Å². The average Bonchev–Trinajstić information content (AvgIpc) is 2.87. The summed E-state index contributed by atoms with van der Waals surface area (Å²) in [6.45, 7) is 2.46. The molecule has 2 aromatic rings. The number of aryl methyl sites for hydroxylation is 1. The van der Waals surface area contributed by atoms with Crippen molar-refractivity contribution in [3.8, 4) is 11.5 Å². The minimum absolute atomic E-state index is 0.202. The molecule has 1 aliphatic heterocycles. The number of para-hydroxylation sites is 1. The van der Waals surface area contributed by atoms with Gasteiger partial charge in [-0.25, -0.2) is 0 Å². The van der Waals surface area contributed by atoms with Crippen LogP contribution in [0, 0.1) is 0 Å². The first-order chi connectivity index (χ1) is 11.7. The lowest BCUT2D eigenvalue weighted by molar-refractivity contribution is 0.0630. The number of ether oxygens (including phenoxy) is 2. The summed E-state index contributed by atoms with van der Waals surface area (Å²) in [7, 11) is 1.59. The molecule has 124 valence electrons. The average molecular weight is 325 g/mol. The largest absolute Gasteiger partial charge is 0.493 e. The third-order valence-corrected chi connectivity index (χ3v) is 4.10. The van der Waals surface area contributed by atoms with Gasteiger partial charge in [-0.1, -0.05) is 31.2 Å². The summed E-state index contributed by atoms with van der Waals surface area (Å²) >= 11 is 0. The molecule has 0 aliphatic carbocycles. The highest BCUT2D eigenvalue weighted by Gasteiger charge is 2.34. The number of fused-ring (bicyclic) bond motifs is 1. The van der Waals surface area contributed by atoms with Crippen molar-refractivity contribution in [2.24, 2.45) is 0 Å². The lowest BCUT2D eigenvalue weighted by Gasteiger charge is -2.17. The maximum Gasteiger partial charge on any atom is 0.261 e. The monoisotopic (exact) mass is 325 g/mol. The SMILES string of the molecule is CCc1cccc(OC)c1OCCN1C(=O)c2ccccc2C1=O. The van der Waals surface area contributed by atoms with Crippen molar-refractivity contribution in [3.05, 3.63) is 59.2 Å². The Morgan fingerprint density at radius 1 is 0.958 bits per heavy atom. The molecule has 2 aromatic carbocycles. The molecular formula is C19H19NO4. The van der Waals surface area contributed by atoms with Gasteiger partial charge in [-0.2, -0.15) is 0 Å². The molecule has 3 rings (SSSR count). The summed E-state index contributed by atoms with van der Waals surface area (Å²) in [4.78, 5) is 25.9. The van der Waals surface area contributed by atoms with Gasteiger partial charge in [0.25, 0.3) is 11.8 Å². The van der Waals surface area contributed by atoms with Crippen LogP contribution in [0.15, 0.2) is 42.5 Å². The highest BCUT2D eigenvalue weighted by Crippen LogP contribution is 2.31. The number of rotatable bonds is 6. The molecule has 0 bridgehead atoms. The van der Waals surface area contributed by atoms with Crippen LogP contribution in [0.25, 0.3) is 0 Å². The first-order valence-corrected chi connectivity index (χ1v) is 7.91. The number of hydrogen-bond acceptors (Lipinski definition) is 4. The van der Waals surface area contributed by atoms with Crippen molar-refractivity contribution in [1.82, 2.24) is 4.90 Å². The maximum atomic E-state index is 12.3. The number of carbonyl (C=O) groups excluding carboxylic acids is 2. The number of benzene rings is 2. The summed E-state index contributed by atoms with van der Waals surface area (Å²) in [5.74, 6) is 0.778. The number of methoxy groups -OCH3 is 1. The summed E-state index contributed by atoms with van der Waals surface area (Å²) in [6.07, 6.45) is 0.805. The molecule has 0 saturated heterocycles. The molecule has 0 radical (unpaired) electrons. The van der Waals surface area contributed by atoms with Crippen molar-refractivity contribution in [1.29, 1.82) is 0 Å². The molecule has 24 heavy (non-hydrogen) atoms. The normalized spacial score (nSPS) is 13.2. The summed E-state index contributed by atoms with van der Waals surface area (Å²) < 4.78 is 11.2. The van der Waals surface area contributed by atoms with E-state index in [9.17, 15) is 9.59 Å². The Balaban J connectivity index is 1.70. The Bertz CT molecular complexity index is 727. The molecule has 1 aliphatic rings. The van der Waals surface area contributed by atoms with Crippen LogP contribution in [-0.4, -0.2) is 37.0 Å². The Labute approximate surface area is 140 Å². The van der Waals surface area contributed by atoms with Crippen LogP contribution >= 0.6 is 0 Å². The van der Waals surface area contributed by atoms with Crippen LogP contribution in [0.4, 0.5) is 0 Å². The second-order valence-electron chi connectivity index (χ2n) is 5.46. The van der Waals surface area contributed by atoms with Crippen LogP contribution < -0.4 is 9.47 Å². The maximum absolute atomic E-state index is 12.3. The Morgan fingerprint density at radius 3 is 2.21 bits per heavy atom. The van der Waals surface area contributed by atoms with Gasteiger partial charge in [0, 0.05) is 0 Å². The number of carbonyl (C=O) groups is 2. The highest BCUT2D eigenvalue weighted by molar-refractivity contribution is 6.21. The van der Waals surface area contributed by atoms with Gasteiger partial charge in [-0.3, -0.25) is 14.5 Å².